The second-order valence-electron chi connectivity index (χ2n) is 7.64. The Bertz CT molecular complexity index is 836. The fourth-order valence-corrected chi connectivity index (χ4v) is 10.6. The van der Waals surface area contributed by atoms with Crippen LogP contribution < -0.4 is 15.9 Å². The summed E-state index contributed by atoms with van der Waals surface area (Å²) in [6.07, 6.45) is 3.87. The van der Waals surface area contributed by atoms with E-state index in [9.17, 15) is 4.79 Å². The highest BCUT2D eigenvalue weighted by Crippen LogP contribution is 2.71. The van der Waals surface area contributed by atoms with Crippen LogP contribution in [-0.4, -0.2) is 17.7 Å². The molecule has 0 saturated heterocycles. The van der Waals surface area contributed by atoms with Crippen molar-refractivity contribution in [2.45, 2.75) is 37.8 Å². The quantitative estimate of drug-likeness (QED) is 0.434. The molecule has 29 heavy (non-hydrogen) atoms. The van der Waals surface area contributed by atoms with Crippen LogP contribution in [0.2, 0.25) is 0 Å². The van der Waals surface area contributed by atoms with E-state index in [0.717, 1.165) is 25.7 Å². The lowest BCUT2D eigenvalue weighted by molar-refractivity contribution is -0.146. The summed E-state index contributed by atoms with van der Waals surface area (Å²) in [5.41, 5.74) is 0. The molecule has 3 aromatic carbocycles. The van der Waals surface area contributed by atoms with Crippen molar-refractivity contribution >= 4 is 29.1 Å². The van der Waals surface area contributed by atoms with Gasteiger partial charge in [-0.1, -0.05) is 54.6 Å². The molecule has 3 heteroatoms. The highest BCUT2D eigenvalue weighted by molar-refractivity contribution is 7.97. The van der Waals surface area contributed by atoms with Crippen LogP contribution >= 0.6 is 7.26 Å². The minimum atomic E-state index is -2.29. The SMILES string of the molecule is CCOC(=O)C1([P+](c2ccccc2)(c2ccccc2)c2ccccc2)CCCC1. The van der Waals surface area contributed by atoms with E-state index in [1.54, 1.807) is 0 Å². The van der Waals surface area contributed by atoms with Gasteiger partial charge in [-0.3, -0.25) is 0 Å². The number of hydrogen-bond acceptors (Lipinski definition) is 2. The van der Waals surface area contributed by atoms with E-state index in [-0.39, 0.29) is 5.97 Å². The number of hydrogen-bond donors (Lipinski definition) is 0. The molecular weight excluding hydrogens is 375 g/mol. The second kappa shape index (κ2) is 8.51. The number of carbonyl (C=O) groups excluding carboxylic acids is 1. The topological polar surface area (TPSA) is 26.3 Å². The third kappa shape index (κ3) is 3.20. The third-order valence-corrected chi connectivity index (χ3v) is 11.3. The van der Waals surface area contributed by atoms with Crippen molar-refractivity contribution in [3.8, 4) is 0 Å². The van der Waals surface area contributed by atoms with E-state index in [0.29, 0.717) is 6.61 Å². The Morgan fingerprint density at radius 2 is 1.14 bits per heavy atom. The van der Waals surface area contributed by atoms with Gasteiger partial charge in [-0.25, -0.2) is 4.79 Å². The summed E-state index contributed by atoms with van der Waals surface area (Å²) < 4.78 is 5.79. The van der Waals surface area contributed by atoms with Crippen LogP contribution in [0.15, 0.2) is 91.0 Å². The molecular formula is C26H28O2P+. The Hall–Kier alpha value is -2.44. The van der Waals surface area contributed by atoms with Crippen LogP contribution in [0.1, 0.15) is 32.6 Å². The zero-order valence-corrected chi connectivity index (χ0v) is 17.9. The van der Waals surface area contributed by atoms with Crippen LogP contribution in [0.3, 0.4) is 0 Å². The number of benzene rings is 3. The maximum atomic E-state index is 13.7. The molecule has 1 aliphatic carbocycles. The maximum Gasteiger partial charge on any atom is 0.351 e. The lowest BCUT2D eigenvalue weighted by Crippen LogP contribution is -2.51. The normalized spacial score (nSPS) is 15.8. The van der Waals surface area contributed by atoms with Crippen molar-refractivity contribution in [3.05, 3.63) is 91.0 Å². The lowest BCUT2D eigenvalue weighted by Gasteiger charge is -2.40. The van der Waals surface area contributed by atoms with E-state index in [1.807, 2.05) is 6.92 Å². The van der Waals surface area contributed by atoms with Gasteiger partial charge >= 0.3 is 5.97 Å². The largest absolute Gasteiger partial charge is 0.463 e. The molecule has 2 nitrogen and oxygen atoms in total. The van der Waals surface area contributed by atoms with E-state index in [1.165, 1.54) is 15.9 Å². The van der Waals surface area contributed by atoms with Gasteiger partial charge < -0.3 is 4.74 Å². The summed E-state index contributed by atoms with van der Waals surface area (Å²) in [6, 6.07) is 32.1. The Kier molecular flexibility index (Phi) is 5.83. The summed E-state index contributed by atoms with van der Waals surface area (Å²) in [6.45, 7) is 2.33. The van der Waals surface area contributed by atoms with Gasteiger partial charge in [-0.05, 0) is 69.0 Å². The summed E-state index contributed by atoms with van der Waals surface area (Å²) in [5.74, 6) is -0.0256. The summed E-state index contributed by atoms with van der Waals surface area (Å²) >= 11 is 0. The van der Waals surface area contributed by atoms with Crippen molar-refractivity contribution in [2.24, 2.45) is 0 Å². The standard InChI is InChI=1S/C26H28O2P/c1-2-28-25(27)26(20-12-13-21-26)29(22-14-6-3-7-15-22,23-16-8-4-9-17-23)24-18-10-5-11-19-24/h3-11,14-19H,2,12-13,20-21H2,1H3/q+1. The molecule has 1 fully saturated rings. The Morgan fingerprint density at radius 1 is 0.759 bits per heavy atom. The third-order valence-electron chi connectivity index (χ3n) is 6.16. The van der Waals surface area contributed by atoms with Gasteiger partial charge in [-0.2, -0.15) is 0 Å². The van der Waals surface area contributed by atoms with Crippen molar-refractivity contribution in [1.82, 2.24) is 0 Å². The summed E-state index contributed by atoms with van der Waals surface area (Å²) in [4.78, 5) is 13.7. The van der Waals surface area contributed by atoms with Crippen LogP contribution in [0.4, 0.5) is 0 Å². The molecule has 0 heterocycles. The molecule has 0 spiro atoms. The minimum absolute atomic E-state index is 0.0256. The Morgan fingerprint density at radius 3 is 1.48 bits per heavy atom. The fraction of sp³-hybridized carbons (Fsp3) is 0.269. The minimum Gasteiger partial charge on any atom is -0.463 e. The first-order valence-electron chi connectivity index (χ1n) is 10.5. The predicted octanol–water partition coefficient (Wildman–Crippen LogP) is 4.86. The van der Waals surface area contributed by atoms with Gasteiger partial charge in [0.05, 0.1) is 6.61 Å². The van der Waals surface area contributed by atoms with Crippen LogP contribution in [0, 0.1) is 0 Å². The van der Waals surface area contributed by atoms with Crippen molar-refractivity contribution < 1.29 is 9.53 Å². The zero-order chi connectivity index (χ0) is 20.2. The first-order chi connectivity index (χ1) is 14.3. The van der Waals surface area contributed by atoms with E-state index in [4.69, 9.17) is 4.74 Å². The molecule has 1 aliphatic rings. The Labute approximate surface area is 174 Å². The first-order valence-corrected chi connectivity index (χ1v) is 12.3. The van der Waals surface area contributed by atoms with Gasteiger partial charge in [0.1, 0.15) is 23.2 Å². The van der Waals surface area contributed by atoms with Gasteiger partial charge in [0.25, 0.3) is 0 Å². The van der Waals surface area contributed by atoms with Gasteiger partial charge in [0.15, 0.2) is 5.16 Å². The summed E-state index contributed by atoms with van der Waals surface area (Å²) in [5, 5.41) is 3.25. The van der Waals surface area contributed by atoms with Crippen molar-refractivity contribution in [1.29, 1.82) is 0 Å². The number of ether oxygens (including phenoxy) is 1. The molecule has 0 aromatic heterocycles. The molecule has 0 aliphatic heterocycles. The van der Waals surface area contributed by atoms with Crippen LogP contribution in [-0.2, 0) is 9.53 Å². The number of rotatable bonds is 6. The van der Waals surface area contributed by atoms with E-state index >= 15 is 0 Å². The van der Waals surface area contributed by atoms with Gasteiger partial charge in [0.2, 0.25) is 0 Å². The monoisotopic (exact) mass is 403 g/mol. The molecule has 148 valence electrons. The van der Waals surface area contributed by atoms with E-state index in [2.05, 4.69) is 91.0 Å². The maximum absolute atomic E-state index is 13.7. The average molecular weight is 403 g/mol. The Balaban J connectivity index is 2.12. The average Bonchev–Trinajstić information content (AvgIpc) is 3.28. The fourth-order valence-electron chi connectivity index (χ4n) is 5.05. The molecule has 1 saturated carbocycles. The molecule has 0 atom stereocenters. The van der Waals surface area contributed by atoms with Crippen molar-refractivity contribution in [3.63, 3.8) is 0 Å². The van der Waals surface area contributed by atoms with Gasteiger partial charge in [-0.15, -0.1) is 0 Å². The molecule has 0 radical (unpaired) electrons. The smallest absolute Gasteiger partial charge is 0.351 e. The van der Waals surface area contributed by atoms with Gasteiger partial charge in [0, 0.05) is 0 Å². The molecule has 0 unspecified atom stereocenters. The summed E-state index contributed by atoms with van der Waals surface area (Å²) in [7, 11) is -2.29. The highest BCUT2D eigenvalue weighted by Gasteiger charge is 2.68. The number of carbonyl (C=O) groups is 1. The molecule has 0 amide bonds. The second-order valence-corrected chi connectivity index (χ2v) is 11.4. The first kappa shape index (κ1) is 19.9. The molecule has 3 aromatic rings. The van der Waals surface area contributed by atoms with Crippen LogP contribution in [0.25, 0.3) is 0 Å². The predicted molar refractivity (Wildman–Crippen MR) is 123 cm³/mol. The highest BCUT2D eigenvalue weighted by atomic mass is 31.2. The van der Waals surface area contributed by atoms with Crippen molar-refractivity contribution in [2.75, 3.05) is 6.61 Å². The molecule has 0 bridgehead atoms. The number of esters is 1. The molecule has 0 N–H and O–H groups in total. The zero-order valence-electron chi connectivity index (χ0n) is 17.0. The lowest BCUT2D eigenvalue weighted by atomic mass is 10.1. The molecule has 4 rings (SSSR count). The van der Waals surface area contributed by atoms with Crippen LogP contribution in [0.5, 0.6) is 0 Å². The van der Waals surface area contributed by atoms with E-state index < -0.39 is 12.4 Å².